The number of hydrogen-bond acceptors (Lipinski definition) is 4. The molecule has 0 saturated carbocycles. The van der Waals surface area contributed by atoms with Crippen LogP contribution in [0.4, 0.5) is 0 Å². The Bertz CT molecular complexity index is 1880. The monoisotopic (exact) mass is 460 g/mol. The Morgan fingerprint density at radius 2 is 1.06 bits per heavy atom. The molecule has 0 unspecified atom stereocenters. The summed E-state index contributed by atoms with van der Waals surface area (Å²) in [6.45, 7) is 0. The zero-order chi connectivity index (χ0) is 23.9. The maximum atomic E-state index is 5.09. The van der Waals surface area contributed by atoms with E-state index in [1.807, 2.05) is 18.3 Å². The highest BCUT2D eigenvalue weighted by Crippen LogP contribution is 2.36. The summed E-state index contributed by atoms with van der Waals surface area (Å²) in [7, 11) is 0. The van der Waals surface area contributed by atoms with Crippen LogP contribution in [0.2, 0.25) is 0 Å². The Labute approximate surface area is 208 Å². The summed E-state index contributed by atoms with van der Waals surface area (Å²) in [6, 6.07) is 35.7. The molecule has 3 heterocycles. The van der Waals surface area contributed by atoms with Crippen molar-refractivity contribution in [1.29, 1.82) is 0 Å². The van der Waals surface area contributed by atoms with E-state index >= 15 is 0 Å². The van der Waals surface area contributed by atoms with E-state index in [1.165, 1.54) is 16.3 Å². The van der Waals surface area contributed by atoms with E-state index in [0.717, 1.165) is 50.0 Å². The second-order valence-electron chi connectivity index (χ2n) is 8.76. The number of aromatic nitrogens is 4. The molecular weight excluding hydrogens is 440 g/mol. The summed E-state index contributed by atoms with van der Waals surface area (Å²) in [5.41, 5.74) is 7.25. The van der Waals surface area contributed by atoms with Crippen LogP contribution in [-0.2, 0) is 0 Å². The van der Waals surface area contributed by atoms with E-state index < -0.39 is 0 Å². The van der Waals surface area contributed by atoms with Crippen LogP contribution >= 0.6 is 0 Å². The largest absolute Gasteiger partial charge is 0.254 e. The number of nitrogens with zero attached hydrogens (tertiary/aromatic N) is 4. The van der Waals surface area contributed by atoms with Crippen molar-refractivity contribution in [3.63, 3.8) is 0 Å². The molecule has 4 nitrogen and oxygen atoms in total. The van der Waals surface area contributed by atoms with E-state index in [-0.39, 0.29) is 0 Å². The Hall–Kier alpha value is -4.96. The van der Waals surface area contributed by atoms with Gasteiger partial charge in [0.15, 0.2) is 5.82 Å². The summed E-state index contributed by atoms with van der Waals surface area (Å²) in [5.74, 6) is 0.730. The Kier molecular flexibility index (Phi) is 4.74. The average Bonchev–Trinajstić information content (AvgIpc) is 2.97. The van der Waals surface area contributed by atoms with Crippen molar-refractivity contribution in [3.8, 4) is 33.8 Å². The molecule has 0 saturated heterocycles. The molecule has 0 atom stereocenters. The molecule has 7 rings (SSSR count). The second-order valence-corrected chi connectivity index (χ2v) is 8.76. The second kappa shape index (κ2) is 8.36. The normalized spacial score (nSPS) is 11.3. The minimum atomic E-state index is 0.730. The third-order valence-electron chi connectivity index (χ3n) is 6.65. The van der Waals surface area contributed by atoms with Crippen LogP contribution in [-0.4, -0.2) is 19.9 Å². The van der Waals surface area contributed by atoms with Crippen LogP contribution in [0.25, 0.3) is 66.4 Å². The van der Waals surface area contributed by atoms with E-state index in [9.17, 15) is 0 Å². The van der Waals surface area contributed by atoms with Crippen molar-refractivity contribution in [2.75, 3.05) is 0 Å². The van der Waals surface area contributed by atoms with Gasteiger partial charge >= 0.3 is 0 Å². The third-order valence-corrected chi connectivity index (χ3v) is 6.65. The van der Waals surface area contributed by atoms with E-state index in [2.05, 4.69) is 106 Å². The van der Waals surface area contributed by atoms with Gasteiger partial charge in [-0.25, -0.2) is 15.0 Å². The van der Waals surface area contributed by atoms with E-state index in [0.29, 0.717) is 0 Å². The lowest BCUT2D eigenvalue weighted by molar-refractivity contribution is 1.18. The van der Waals surface area contributed by atoms with Crippen molar-refractivity contribution >= 4 is 32.6 Å². The molecule has 0 fully saturated rings. The van der Waals surface area contributed by atoms with Crippen LogP contribution in [0.1, 0.15) is 0 Å². The predicted molar refractivity (Wildman–Crippen MR) is 146 cm³/mol. The quantitative estimate of drug-likeness (QED) is 0.253. The van der Waals surface area contributed by atoms with Crippen molar-refractivity contribution in [2.45, 2.75) is 0 Å². The summed E-state index contributed by atoms with van der Waals surface area (Å²) in [5, 5.41) is 4.55. The number of hydrogen-bond donors (Lipinski definition) is 0. The maximum absolute atomic E-state index is 5.09. The van der Waals surface area contributed by atoms with Crippen LogP contribution in [0, 0.1) is 0 Å². The van der Waals surface area contributed by atoms with Gasteiger partial charge in [-0.3, -0.25) is 4.98 Å². The van der Waals surface area contributed by atoms with Crippen LogP contribution in [0.5, 0.6) is 0 Å². The van der Waals surface area contributed by atoms with Gasteiger partial charge in [-0.2, -0.15) is 0 Å². The average molecular weight is 461 g/mol. The van der Waals surface area contributed by atoms with Gasteiger partial charge in [0.1, 0.15) is 0 Å². The minimum Gasteiger partial charge on any atom is -0.254 e. The molecule has 0 aliphatic carbocycles. The fourth-order valence-electron chi connectivity index (χ4n) is 4.89. The number of pyridine rings is 2. The molecule has 3 aromatic heterocycles. The van der Waals surface area contributed by atoms with Gasteiger partial charge in [-0.05, 0) is 40.1 Å². The van der Waals surface area contributed by atoms with Gasteiger partial charge in [-0.15, -0.1) is 0 Å². The lowest BCUT2D eigenvalue weighted by Gasteiger charge is -2.13. The molecule has 4 aromatic carbocycles. The molecule has 4 heteroatoms. The van der Waals surface area contributed by atoms with Gasteiger partial charge < -0.3 is 0 Å². The molecule has 0 bridgehead atoms. The molecule has 0 spiro atoms. The van der Waals surface area contributed by atoms with Crippen molar-refractivity contribution < 1.29 is 0 Å². The molecular formula is C32H20N4. The summed E-state index contributed by atoms with van der Waals surface area (Å²) >= 11 is 0. The van der Waals surface area contributed by atoms with Crippen molar-refractivity contribution in [2.24, 2.45) is 0 Å². The molecule has 36 heavy (non-hydrogen) atoms. The molecule has 0 amide bonds. The van der Waals surface area contributed by atoms with Gasteiger partial charge in [-0.1, -0.05) is 84.9 Å². The van der Waals surface area contributed by atoms with Gasteiger partial charge in [0.25, 0.3) is 0 Å². The molecule has 168 valence electrons. The highest BCUT2D eigenvalue weighted by molar-refractivity contribution is 6.07. The van der Waals surface area contributed by atoms with E-state index in [1.54, 1.807) is 12.4 Å². The third kappa shape index (κ3) is 3.39. The molecule has 0 aliphatic rings. The fraction of sp³-hybridized carbons (Fsp3) is 0. The van der Waals surface area contributed by atoms with Crippen LogP contribution in [0.15, 0.2) is 122 Å². The molecule has 7 aromatic rings. The highest BCUT2D eigenvalue weighted by atomic mass is 14.8. The SMILES string of the molecule is c1cnc(-c2ccc(-c3ccc(-c4ccc5ccc6cccnc6c5n4)c4ccccc34)cc2)nc1. The Morgan fingerprint density at radius 1 is 0.417 bits per heavy atom. The topological polar surface area (TPSA) is 51.6 Å². The minimum absolute atomic E-state index is 0.730. The van der Waals surface area contributed by atoms with Gasteiger partial charge in [0, 0.05) is 40.5 Å². The van der Waals surface area contributed by atoms with Crippen LogP contribution < -0.4 is 0 Å². The summed E-state index contributed by atoms with van der Waals surface area (Å²) in [6.07, 6.45) is 5.36. The highest BCUT2D eigenvalue weighted by Gasteiger charge is 2.12. The Morgan fingerprint density at radius 3 is 1.86 bits per heavy atom. The zero-order valence-electron chi connectivity index (χ0n) is 19.3. The molecule has 0 aliphatic heterocycles. The maximum Gasteiger partial charge on any atom is 0.159 e. The first-order valence-corrected chi connectivity index (χ1v) is 11.9. The molecule has 0 N–H and O–H groups in total. The predicted octanol–water partition coefficient (Wildman–Crippen LogP) is 7.73. The van der Waals surface area contributed by atoms with Crippen molar-refractivity contribution in [3.05, 3.63) is 122 Å². The first kappa shape index (κ1) is 20.4. The lowest BCUT2D eigenvalue weighted by Crippen LogP contribution is -1.91. The standard InChI is InChI=1S/C32H20N4/c1-2-7-27-26(6-1)25(21-8-12-24(13-9-21)32-34-19-4-20-35-32)15-16-28(27)29-17-14-23-11-10-22-5-3-18-33-30(22)31(23)36-29/h1-20H. The number of benzene rings is 4. The van der Waals surface area contributed by atoms with Gasteiger partial charge in [0.05, 0.1) is 16.7 Å². The number of fused-ring (bicyclic) bond motifs is 4. The van der Waals surface area contributed by atoms with Crippen LogP contribution in [0.3, 0.4) is 0 Å². The van der Waals surface area contributed by atoms with Crippen molar-refractivity contribution in [1.82, 2.24) is 19.9 Å². The summed E-state index contributed by atoms with van der Waals surface area (Å²) in [4.78, 5) is 18.4. The fourth-order valence-corrected chi connectivity index (χ4v) is 4.89. The lowest BCUT2D eigenvalue weighted by atomic mass is 9.93. The molecule has 0 radical (unpaired) electrons. The summed E-state index contributed by atoms with van der Waals surface area (Å²) < 4.78 is 0. The van der Waals surface area contributed by atoms with E-state index in [4.69, 9.17) is 4.98 Å². The first-order valence-electron chi connectivity index (χ1n) is 11.9. The van der Waals surface area contributed by atoms with Gasteiger partial charge in [0.2, 0.25) is 0 Å². The Balaban J connectivity index is 1.37. The smallest absolute Gasteiger partial charge is 0.159 e. The zero-order valence-corrected chi connectivity index (χ0v) is 19.3. The first-order chi connectivity index (χ1) is 17.8. The number of rotatable bonds is 3.